The third-order valence-corrected chi connectivity index (χ3v) is 3.51. The molecule has 0 spiro atoms. The summed E-state index contributed by atoms with van der Waals surface area (Å²) >= 11 is 3.07. The lowest BCUT2D eigenvalue weighted by Gasteiger charge is -2.24. The minimum Gasteiger partial charge on any atom is -0.378 e. The maximum Gasteiger partial charge on any atom is 0.252 e. The summed E-state index contributed by atoms with van der Waals surface area (Å²) < 4.78 is 18.7. The largest absolute Gasteiger partial charge is 0.378 e. The number of carbonyl (C=O) groups is 1. The number of benzene rings is 1. The van der Waals surface area contributed by atoms with Crippen molar-refractivity contribution in [1.82, 2.24) is 10.6 Å². The lowest BCUT2D eigenvalue weighted by atomic mass is 10.2. The Balaban J connectivity index is 1.93. The fourth-order valence-electron chi connectivity index (χ4n) is 1.74. The molecule has 4 nitrogen and oxygen atoms in total. The number of hydrogen-bond acceptors (Lipinski definition) is 3. The van der Waals surface area contributed by atoms with Crippen LogP contribution in [0.4, 0.5) is 4.39 Å². The highest BCUT2D eigenvalue weighted by molar-refractivity contribution is 9.10. The highest BCUT2D eigenvalue weighted by Gasteiger charge is 2.16. The van der Waals surface area contributed by atoms with Crippen LogP contribution in [-0.2, 0) is 4.74 Å². The van der Waals surface area contributed by atoms with E-state index in [1.165, 1.54) is 12.1 Å². The van der Waals surface area contributed by atoms with E-state index >= 15 is 0 Å². The van der Waals surface area contributed by atoms with Crippen LogP contribution in [0.5, 0.6) is 0 Å². The van der Waals surface area contributed by atoms with Gasteiger partial charge in [-0.1, -0.05) is 6.07 Å². The Kier molecular flexibility index (Phi) is 4.68. The Bertz CT molecular complexity index is 436. The molecule has 1 atom stereocenters. The number of rotatable bonds is 3. The molecule has 0 aliphatic carbocycles. The molecule has 1 heterocycles. The summed E-state index contributed by atoms with van der Waals surface area (Å²) in [5.41, 5.74) is 0.298. The van der Waals surface area contributed by atoms with E-state index in [1.807, 2.05) is 0 Å². The molecular formula is C12H14BrFN2O2. The van der Waals surface area contributed by atoms with Crippen molar-refractivity contribution in [2.75, 3.05) is 26.3 Å². The van der Waals surface area contributed by atoms with Crippen molar-refractivity contribution < 1.29 is 13.9 Å². The van der Waals surface area contributed by atoms with Crippen LogP contribution in [0.15, 0.2) is 22.7 Å². The SMILES string of the molecule is O=C(NCC1COCCN1)c1cccc(F)c1Br. The molecule has 1 amide bonds. The molecule has 1 unspecified atom stereocenters. The van der Waals surface area contributed by atoms with Crippen LogP contribution in [0.2, 0.25) is 0 Å². The number of hydrogen-bond donors (Lipinski definition) is 2. The Morgan fingerprint density at radius 2 is 2.44 bits per heavy atom. The summed E-state index contributed by atoms with van der Waals surface area (Å²) in [6.45, 7) is 2.51. The maximum absolute atomic E-state index is 13.3. The van der Waals surface area contributed by atoms with Gasteiger partial charge in [0.2, 0.25) is 0 Å². The van der Waals surface area contributed by atoms with E-state index in [0.29, 0.717) is 25.3 Å². The Morgan fingerprint density at radius 3 is 3.17 bits per heavy atom. The van der Waals surface area contributed by atoms with E-state index in [-0.39, 0.29) is 16.4 Å². The van der Waals surface area contributed by atoms with Gasteiger partial charge in [-0.15, -0.1) is 0 Å². The molecule has 0 radical (unpaired) electrons. The predicted molar refractivity (Wildman–Crippen MR) is 69.0 cm³/mol. The molecule has 0 saturated carbocycles. The lowest BCUT2D eigenvalue weighted by molar-refractivity contribution is 0.0734. The minimum absolute atomic E-state index is 0.107. The zero-order chi connectivity index (χ0) is 13.0. The molecule has 0 bridgehead atoms. The van der Waals surface area contributed by atoms with Gasteiger partial charge in [-0.3, -0.25) is 4.79 Å². The van der Waals surface area contributed by atoms with Crippen molar-refractivity contribution in [2.45, 2.75) is 6.04 Å². The topological polar surface area (TPSA) is 50.4 Å². The molecule has 1 aromatic carbocycles. The molecule has 1 fully saturated rings. The monoisotopic (exact) mass is 316 g/mol. The van der Waals surface area contributed by atoms with Crippen LogP contribution >= 0.6 is 15.9 Å². The number of carbonyl (C=O) groups excluding carboxylic acids is 1. The third kappa shape index (κ3) is 3.28. The van der Waals surface area contributed by atoms with Crippen molar-refractivity contribution in [3.63, 3.8) is 0 Å². The van der Waals surface area contributed by atoms with E-state index in [0.717, 1.165) is 6.54 Å². The summed E-state index contributed by atoms with van der Waals surface area (Å²) in [7, 11) is 0. The van der Waals surface area contributed by atoms with E-state index in [1.54, 1.807) is 6.07 Å². The number of morpholine rings is 1. The first-order valence-corrected chi connectivity index (χ1v) is 6.51. The first-order chi connectivity index (χ1) is 8.68. The molecule has 1 aliphatic heterocycles. The van der Waals surface area contributed by atoms with Crippen LogP contribution in [-0.4, -0.2) is 38.3 Å². The molecule has 18 heavy (non-hydrogen) atoms. The third-order valence-electron chi connectivity index (χ3n) is 2.70. The smallest absolute Gasteiger partial charge is 0.252 e. The second-order valence-electron chi connectivity index (χ2n) is 4.04. The van der Waals surface area contributed by atoms with Crippen molar-refractivity contribution in [3.8, 4) is 0 Å². The van der Waals surface area contributed by atoms with Gasteiger partial charge in [0, 0.05) is 19.1 Å². The summed E-state index contributed by atoms with van der Waals surface area (Å²) in [6.07, 6.45) is 0. The van der Waals surface area contributed by atoms with Gasteiger partial charge in [-0.05, 0) is 28.1 Å². The van der Waals surface area contributed by atoms with Crippen molar-refractivity contribution in [2.24, 2.45) is 0 Å². The highest BCUT2D eigenvalue weighted by atomic mass is 79.9. The molecule has 2 rings (SSSR count). The first kappa shape index (κ1) is 13.5. The quantitative estimate of drug-likeness (QED) is 0.884. The van der Waals surface area contributed by atoms with Gasteiger partial charge >= 0.3 is 0 Å². The van der Waals surface area contributed by atoms with E-state index in [9.17, 15) is 9.18 Å². The number of nitrogens with one attached hydrogen (secondary N) is 2. The molecule has 1 aromatic rings. The van der Waals surface area contributed by atoms with Gasteiger partial charge in [0.25, 0.3) is 5.91 Å². The fourth-order valence-corrected chi connectivity index (χ4v) is 2.19. The molecule has 6 heteroatoms. The molecule has 1 aliphatic rings. The second-order valence-corrected chi connectivity index (χ2v) is 4.83. The van der Waals surface area contributed by atoms with Crippen LogP contribution in [0.25, 0.3) is 0 Å². The van der Waals surface area contributed by atoms with Crippen LogP contribution < -0.4 is 10.6 Å². The first-order valence-electron chi connectivity index (χ1n) is 5.72. The highest BCUT2D eigenvalue weighted by Crippen LogP contribution is 2.20. The van der Waals surface area contributed by atoms with Crippen molar-refractivity contribution in [3.05, 3.63) is 34.1 Å². The van der Waals surface area contributed by atoms with Crippen LogP contribution in [0.1, 0.15) is 10.4 Å². The molecule has 1 saturated heterocycles. The van der Waals surface area contributed by atoms with Gasteiger partial charge in [0.15, 0.2) is 0 Å². The van der Waals surface area contributed by atoms with E-state index in [2.05, 4.69) is 26.6 Å². The van der Waals surface area contributed by atoms with E-state index < -0.39 is 5.82 Å². The zero-order valence-electron chi connectivity index (χ0n) is 9.71. The minimum atomic E-state index is -0.443. The number of halogens is 2. The summed E-state index contributed by atoms with van der Waals surface area (Å²) in [5, 5.41) is 5.99. The average molecular weight is 317 g/mol. The van der Waals surface area contributed by atoms with Gasteiger partial charge in [-0.25, -0.2) is 4.39 Å². The lowest BCUT2D eigenvalue weighted by Crippen LogP contribution is -2.48. The summed E-state index contributed by atoms with van der Waals surface area (Å²) in [6, 6.07) is 4.50. The molecular weight excluding hydrogens is 303 g/mol. The zero-order valence-corrected chi connectivity index (χ0v) is 11.3. The van der Waals surface area contributed by atoms with Gasteiger partial charge in [0.1, 0.15) is 5.82 Å². The molecule has 0 aromatic heterocycles. The van der Waals surface area contributed by atoms with E-state index in [4.69, 9.17) is 4.74 Å². The fraction of sp³-hybridized carbons (Fsp3) is 0.417. The predicted octanol–water partition coefficient (Wildman–Crippen LogP) is 1.31. The number of ether oxygens (including phenoxy) is 1. The Hall–Kier alpha value is -0.980. The van der Waals surface area contributed by atoms with Gasteiger partial charge < -0.3 is 15.4 Å². The Labute approximate surface area is 113 Å². The van der Waals surface area contributed by atoms with Gasteiger partial charge in [-0.2, -0.15) is 0 Å². The molecule has 2 N–H and O–H groups in total. The molecule has 98 valence electrons. The summed E-state index contributed by atoms with van der Waals surface area (Å²) in [5.74, 6) is -0.740. The van der Waals surface area contributed by atoms with Crippen LogP contribution in [0, 0.1) is 5.82 Å². The average Bonchev–Trinajstić information content (AvgIpc) is 2.40. The number of amides is 1. The second kappa shape index (κ2) is 6.26. The normalized spacial score (nSPS) is 19.6. The van der Waals surface area contributed by atoms with Crippen molar-refractivity contribution in [1.29, 1.82) is 0 Å². The standard InChI is InChI=1S/C12H14BrFN2O2/c13-11-9(2-1-3-10(11)14)12(17)16-6-8-7-18-5-4-15-8/h1-3,8,15H,4-7H2,(H,16,17). The van der Waals surface area contributed by atoms with Crippen LogP contribution in [0.3, 0.4) is 0 Å². The summed E-state index contributed by atoms with van der Waals surface area (Å²) in [4.78, 5) is 11.9. The van der Waals surface area contributed by atoms with Gasteiger partial charge in [0.05, 0.1) is 23.2 Å². The van der Waals surface area contributed by atoms with Crippen molar-refractivity contribution >= 4 is 21.8 Å². The maximum atomic E-state index is 13.3. The Morgan fingerprint density at radius 1 is 1.61 bits per heavy atom.